The normalized spacial score (nSPS) is 27.5. The lowest BCUT2D eigenvalue weighted by molar-refractivity contribution is -0.146. The van der Waals surface area contributed by atoms with Crippen LogP contribution in [0.5, 0.6) is 0 Å². The van der Waals surface area contributed by atoms with Crippen LogP contribution in [0.15, 0.2) is 30.3 Å². The van der Waals surface area contributed by atoms with Gasteiger partial charge in [0, 0.05) is 0 Å². The number of hydrogen-bond acceptors (Lipinski definition) is 2. The summed E-state index contributed by atoms with van der Waals surface area (Å²) in [5.41, 5.74) is 0.439. The molecule has 0 unspecified atom stereocenters. The maximum atomic E-state index is 12.1. The summed E-state index contributed by atoms with van der Waals surface area (Å²) in [6.07, 6.45) is -8.58. The molecule has 1 aliphatic heterocycles. The zero-order chi connectivity index (χ0) is 11.1. The van der Waals surface area contributed by atoms with Crippen LogP contribution in [0.1, 0.15) is 11.7 Å². The second-order valence-corrected chi connectivity index (χ2v) is 3.42. The van der Waals surface area contributed by atoms with E-state index in [0.717, 1.165) is 0 Å². The number of ether oxygens (including phenoxy) is 1. The summed E-state index contributed by atoms with van der Waals surface area (Å²) in [5, 5.41) is 9.57. The standard InChI is InChI=1S/C10H9F3O2/c11-10(12,13)9-8(15-9)7(14)6-4-2-1-3-5-6/h1-5,7-9,14H/t7-,8-,9+/m1/s1. The molecule has 5 heteroatoms. The molecule has 0 aromatic heterocycles. The number of aliphatic hydroxyl groups is 1. The Morgan fingerprint density at radius 1 is 1.20 bits per heavy atom. The summed E-state index contributed by atoms with van der Waals surface area (Å²) in [6, 6.07) is 8.18. The molecule has 82 valence electrons. The summed E-state index contributed by atoms with van der Waals surface area (Å²) in [7, 11) is 0. The zero-order valence-corrected chi connectivity index (χ0v) is 7.61. The highest BCUT2D eigenvalue weighted by molar-refractivity contribution is 5.20. The van der Waals surface area contributed by atoms with Gasteiger partial charge in [-0.1, -0.05) is 30.3 Å². The van der Waals surface area contributed by atoms with E-state index in [2.05, 4.69) is 4.74 Å². The van der Waals surface area contributed by atoms with Crippen molar-refractivity contribution < 1.29 is 23.0 Å². The SMILES string of the molecule is O[C@H](c1ccccc1)[C@H]1O[C@@H]1C(F)(F)F. The molecule has 2 nitrogen and oxygen atoms in total. The lowest BCUT2D eigenvalue weighted by atomic mass is 10.1. The van der Waals surface area contributed by atoms with E-state index >= 15 is 0 Å². The third-order valence-corrected chi connectivity index (χ3v) is 2.30. The monoisotopic (exact) mass is 218 g/mol. The van der Waals surface area contributed by atoms with E-state index in [0.29, 0.717) is 5.56 Å². The van der Waals surface area contributed by atoms with E-state index in [1.54, 1.807) is 30.3 Å². The summed E-state index contributed by atoms with van der Waals surface area (Å²) in [4.78, 5) is 0. The van der Waals surface area contributed by atoms with Crippen LogP contribution < -0.4 is 0 Å². The fraction of sp³-hybridized carbons (Fsp3) is 0.400. The van der Waals surface area contributed by atoms with Gasteiger partial charge in [0.1, 0.15) is 12.2 Å². The quantitative estimate of drug-likeness (QED) is 0.770. The lowest BCUT2D eigenvalue weighted by Gasteiger charge is -2.08. The highest BCUT2D eigenvalue weighted by atomic mass is 19.4. The van der Waals surface area contributed by atoms with Gasteiger partial charge < -0.3 is 9.84 Å². The van der Waals surface area contributed by atoms with Gasteiger partial charge >= 0.3 is 6.18 Å². The molecule has 1 N–H and O–H groups in total. The highest BCUT2D eigenvalue weighted by Crippen LogP contribution is 2.43. The Morgan fingerprint density at radius 3 is 2.27 bits per heavy atom. The molecule has 1 heterocycles. The van der Waals surface area contributed by atoms with Crippen molar-refractivity contribution in [2.75, 3.05) is 0 Å². The second kappa shape index (κ2) is 3.50. The van der Waals surface area contributed by atoms with Crippen molar-refractivity contribution in [2.45, 2.75) is 24.5 Å². The predicted octanol–water partition coefficient (Wildman–Crippen LogP) is 2.05. The molecule has 3 atom stereocenters. The highest BCUT2D eigenvalue weighted by Gasteiger charge is 2.60. The number of benzene rings is 1. The van der Waals surface area contributed by atoms with Gasteiger partial charge in [-0.15, -0.1) is 0 Å². The van der Waals surface area contributed by atoms with Crippen molar-refractivity contribution in [2.24, 2.45) is 0 Å². The fourth-order valence-electron chi connectivity index (χ4n) is 1.47. The molecular weight excluding hydrogens is 209 g/mol. The van der Waals surface area contributed by atoms with E-state index in [1.165, 1.54) is 0 Å². The fourth-order valence-corrected chi connectivity index (χ4v) is 1.47. The smallest absolute Gasteiger partial charge is 0.386 e. The Bertz CT molecular complexity index is 336. The second-order valence-electron chi connectivity index (χ2n) is 3.42. The van der Waals surface area contributed by atoms with Crippen molar-refractivity contribution in [3.8, 4) is 0 Å². The molecule has 0 bridgehead atoms. The number of alkyl halides is 3. The van der Waals surface area contributed by atoms with E-state index in [1.807, 2.05) is 0 Å². The minimum atomic E-state index is -4.39. The first-order valence-corrected chi connectivity index (χ1v) is 4.45. The first-order valence-electron chi connectivity index (χ1n) is 4.45. The summed E-state index contributed by atoms with van der Waals surface area (Å²) < 4.78 is 40.8. The van der Waals surface area contributed by atoms with Crippen molar-refractivity contribution in [1.82, 2.24) is 0 Å². The number of hydrogen-bond donors (Lipinski definition) is 1. The Kier molecular flexibility index (Phi) is 2.44. The largest absolute Gasteiger partial charge is 0.417 e. The maximum Gasteiger partial charge on any atom is 0.417 e. The molecule has 0 radical (unpaired) electrons. The van der Waals surface area contributed by atoms with Gasteiger partial charge in [0.15, 0.2) is 6.10 Å². The van der Waals surface area contributed by atoms with Crippen LogP contribution in [0.3, 0.4) is 0 Å². The van der Waals surface area contributed by atoms with Gasteiger partial charge in [-0.05, 0) is 5.56 Å². The zero-order valence-electron chi connectivity index (χ0n) is 7.61. The topological polar surface area (TPSA) is 32.8 Å². The molecule has 1 saturated heterocycles. The molecule has 0 saturated carbocycles. The molecule has 1 aromatic carbocycles. The molecule has 1 fully saturated rings. The molecule has 1 aromatic rings. The van der Waals surface area contributed by atoms with Crippen LogP contribution >= 0.6 is 0 Å². The predicted molar refractivity (Wildman–Crippen MR) is 46.1 cm³/mol. The average Bonchev–Trinajstić information content (AvgIpc) is 2.97. The van der Waals surface area contributed by atoms with Crippen molar-refractivity contribution in [3.05, 3.63) is 35.9 Å². The van der Waals surface area contributed by atoms with Crippen molar-refractivity contribution in [3.63, 3.8) is 0 Å². The third-order valence-electron chi connectivity index (χ3n) is 2.30. The van der Waals surface area contributed by atoms with Gasteiger partial charge in [0.2, 0.25) is 0 Å². The summed E-state index contributed by atoms with van der Waals surface area (Å²) in [6.45, 7) is 0. The van der Waals surface area contributed by atoms with Crippen LogP contribution in [-0.4, -0.2) is 23.5 Å². The van der Waals surface area contributed by atoms with Crippen molar-refractivity contribution >= 4 is 0 Å². The van der Waals surface area contributed by atoms with E-state index in [4.69, 9.17) is 0 Å². The first-order chi connectivity index (χ1) is 7.00. The van der Waals surface area contributed by atoms with Crippen LogP contribution in [0.2, 0.25) is 0 Å². The van der Waals surface area contributed by atoms with Gasteiger partial charge in [-0.25, -0.2) is 0 Å². The Morgan fingerprint density at radius 2 is 1.80 bits per heavy atom. The van der Waals surface area contributed by atoms with Crippen molar-refractivity contribution in [1.29, 1.82) is 0 Å². The Labute approximate surface area is 84.3 Å². The van der Waals surface area contributed by atoms with Crippen LogP contribution in [0.25, 0.3) is 0 Å². The third kappa shape index (κ3) is 2.13. The molecular formula is C10H9F3O2. The number of aliphatic hydroxyl groups excluding tert-OH is 1. The first kappa shape index (κ1) is 10.4. The molecule has 0 aliphatic carbocycles. The van der Waals surface area contributed by atoms with E-state index < -0.39 is 24.5 Å². The van der Waals surface area contributed by atoms with Gasteiger partial charge in [-0.2, -0.15) is 13.2 Å². The Hall–Kier alpha value is -1.07. The molecule has 15 heavy (non-hydrogen) atoms. The molecule has 2 rings (SSSR count). The van der Waals surface area contributed by atoms with E-state index in [-0.39, 0.29) is 0 Å². The number of epoxide rings is 1. The van der Waals surface area contributed by atoms with Gasteiger partial charge in [-0.3, -0.25) is 0 Å². The van der Waals surface area contributed by atoms with Crippen LogP contribution in [0, 0.1) is 0 Å². The number of rotatable bonds is 2. The van der Waals surface area contributed by atoms with Gasteiger partial charge in [0.25, 0.3) is 0 Å². The number of halogens is 3. The molecule has 1 aliphatic rings. The minimum Gasteiger partial charge on any atom is -0.386 e. The molecule has 0 amide bonds. The minimum absolute atomic E-state index is 0.439. The summed E-state index contributed by atoms with van der Waals surface area (Å²) >= 11 is 0. The summed E-state index contributed by atoms with van der Waals surface area (Å²) in [5.74, 6) is 0. The Balaban J connectivity index is 2.04. The van der Waals surface area contributed by atoms with Crippen LogP contribution in [0.4, 0.5) is 13.2 Å². The van der Waals surface area contributed by atoms with Gasteiger partial charge in [0.05, 0.1) is 0 Å². The van der Waals surface area contributed by atoms with E-state index in [9.17, 15) is 18.3 Å². The average molecular weight is 218 g/mol. The maximum absolute atomic E-state index is 12.1. The molecule has 0 spiro atoms. The lowest BCUT2D eigenvalue weighted by Crippen LogP contribution is -2.21. The van der Waals surface area contributed by atoms with Crippen LogP contribution in [-0.2, 0) is 4.74 Å².